The molecule has 3 atom stereocenters. The summed E-state index contributed by atoms with van der Waals surface area (Å²) >= 11 is 0. The maximum Gasteiger partial charge on any atom is 0.508 e. The minimum atomic E-state index is -2.15. The average molecular weight is 469 g/mol. The second-order valence-corrected chi connectivity index (χ2v) is 9.64. The minimum Gasteiger partial charge on any atom is -0.450 e. The molecule has 0 aliphatic carbocycles. The molecule has 3 aliphatic heterocycles. The Bertz CT molecular complexity index is 1830. The highest BCUT2D eigenvalue weighted by molar-refractivity contribution is 6.31. The van der Waals surface area contributed by atoms with Crippen LogP contribution >= 0.6 is 0 Å². The van der Waals surface area contributed by atoms with E-state index in [4.69, 9.17) is 9.47 Å². The van der Waals surface area contributed by atoms with E-state index in [-0.39, 0.29) is 12.3 Å². The van der Waals surface area contributed by atoms with Crippen molar-refractivity contribution in [3.05, 3.63) is 59.7 Å². The molecule has 2 bridgehead atoms. The van der Waals surface area contributed by atoms with E-state index in [0.717, 1.165) is 49.2 Å². The van der Waals surface area contributed by atoms with Crippen molar-refractivity contribution in [2.75, 3.05) is 0 Å². The maximum absolute atomic E-state index is 13.2. The van der Waals surface area contributed by atoms with Gasteiger partial charge in [-0.1, -0.05) is 36.4 Å². The second-order valence-electron chi connectivity index (χ2n) is 9.64. The Morgan fingerprint density at radius 3 is 2.51 bits per heavy atom. The van der Waals surface area contributed by atoms with Crippen LogP contribution in [0.15, 0.2) is 48.5 Å². The summed E-state index contributed by atoms with van der Waals surface area (Å²) in [6.45, 7) is 2.05. The Balaban J connectivity index is 1.71. The Labute approximate surface area is 197 Å². The molecule has 3 aromatic carbocycles. The zero-order valence-electron chi connectivity index (χ0n) is 18.5. The predicted molar refractivity (Wildman–Crippen MR) is 126 cm³/mol. The summed E-state index contributed by atoms with van der Waals surface area (Å²) in [5, 5.41) is 27.8. The molecule has 3 aliphatic rings. The van der Waals surface area contributed by atoms with Crippen LogP contribution in [0.4, 0.5) is 4.79 Å². The van der Waals surface area contributed by atoms with Gasteiger partial charge in [0.05, 0.1) is 34.1 Å². The van der Waals surface area contributed by atoms with Crippen molar-refractivity contribution in [1.82, 2.24) is 14.5 Å². The van der Waals surface area contributed by atoms with E-state index in [1.807, 2.05) is 57.7 Å². The Hall–Kier alpha value is -4.08. The number of hydrogen-bond donors (Lipinski definition) is 3. The fourth-order valence-electron chi connectivity index (χ4n) is 6.70. The molecular weight excluding hydrogens is 450 g/mol. The molecule has 9 nitrogen and oxygen atoms in total. The number of amides is 1. The zero-order chi connectivity index (χ0) is 23.9. The number of para-hydroxylation sites is 2. The van der Waals surface area contributed by atoms with E-state index in [2.05, 4.69) is 5.32 Å². The van der Waals surface area contributed by atoms with Crippen molar-refractivity contribution < 1.29 is 29.3 Å². The third-order valence-corrected chi connectivity index (χ3v) is 8.03. The van der Waals surface area contributed by atoms with Crippen molar-refractivity contribution >= 4 is 55.7 Å². The lowest BCUT2D eigenvalue weighted by Gasteiger charge is -2.37. The fraction of sp³-hybridized carbons (Fsp3) is 0.231. The molecular formula is C26H19N3O6. The standard InChI is InChI=1S/C26H19N3O6/c1-25-26(33,35-24(31)32)10-17(34-25)28-15-8-4-2-6-12(15)19-20-14(11-27-23(20)30)18-13-7-3-5-9-16(13)29(25)22(18)21(19)28/h2-9,17,33H,10-11H2,1H3,(H,27,30)(H,31,32)/t17?,25-,26-/m0/s1. The summed E-state index contributed by atoms with van der Waals surface area (Å²) in [7, 11) is 0. The van der Waals surface area contributed by atoms with E-state index in [0.29, 0.717) is 12.1 Å². The molecule has 2 aromatic heterocycles. The third kappa shape index (κ3) is 1.97. The van der Waals surface area contributed by atoms with Crippen molar-refractivity contribution in [1.29, 1.82) is 0 Å². The highest BCUT2D eigenvalue weighted by atomic mass is 16.8. The minimum absolute atomic E-state index is 0.111. The lowest BCUT2D eigenvalue weighted by Crippen LogP contribution is -2.53. The Morgan fingerprint density at radius 1 is 1.09 bits per heavy atom. The van der Waals surface area contributed by atoms with Gasteiger partial charge in [-0.2, -0.15) is 0 Å². The first-order valence-electron chi connectivity index (χ1n) is 11.5. The number of carboxylic acid groups (broad SMARTS) is 1. The lowest BCUT2D eigenvalue weighted by molar-refractivity contribution is -0.275. The molecule has 0 radical (unpaired) electrons. The second kappa shape index (κ2) is 5.76. The molecule has 1 amide bonds. The number of aromatic nitrogens is 2. The van der Waals surface area contributed by atoms with E-state index < -0.39 is 23.9 Å². The van der Waals surface area contributed by atoms with E-state index >= 15 is 0 Å². The van der Waals surface area contributed by atoms with E-state index in [1.54, 1.807) is 6.92 Å². The molecule has 3 N–H and O–H groups in total. The third-order valence-electron chi connectivity index (χ3n) is 8.03. The average Bonchev–Trinajstić information content (AvgIpc) is 3.50. The molecule has 0 spiro atoms. The highest BCUT2D eigenvalue weighted by Crippen LogP contribution is 2.57. The summed E-state index contributed by atoms with van der Waals surface area (Å²) in [6, 6.07) is 15.5. The number of fused-ring (bicyclic) bond motifs is 13. The molecule has 5 heterocycles. The van der Waals surface area contributed by atoms with Crippen molar-refractivity contribution in [2.24, 2.45) is 0 Å². The van der Waals surface area contributed by atoms with Gasteiger partial charge in [0.1, 0.15) is 6.23 Å². The van der Waals surface area contributed by atoms with Gasteiger partial charge >= 0.3 is 6.16 Å². The normalized spacial score (nSPS) is 26.7. The number of aliphatic hydroxyl groups is 1. The van der Waals surface area contributed by atoms with Crippen molar-refractivity contribution in [3.63, 3.8) is 0 Å². The van der Waals surface area contributed by atoms with Crippen molar-refractivity contribution in [3.8, 4) is 0 Å². The van der Waals surface area contributed by atoms with E-state index in [9.17, 15) is 19.8 Å². The van der Waals surface area contributed by atoms with Gasteiger partial charge in [0.25, 0.3) is 11.7 Å². The van der Waals surface area contributed by atoms with Crippen LogP contribution in [0.2, 0.25) is 0 Å². The van der Waals surface area contributed by atoms with Gasteiger partial charge in [0.2, 0.25) is 5.72 Å². The van der Waals surface area contributed by atoms with Gasteiger partial charge in [-0.15, -0.1) is 0 Å². The summed E-state index contributed by atoms with van der Waals surface area (Å²) in [5.41, 5.74) is 3.19. The van der Waals surface area contributed by atoms with Crippen LogP contribution in [0.1, 0.15) is 35.5 Å². The van der Waals surface area contributed by atoms with Gasteiger partial charge in [0.15, 0.2) is 0 Å². The van der Waals surface area contributed by atoms with Crippen LogP contribution in [0.3, 0.4) is 0 Å². The SMILES string of the molecule is C[C@]12OC(C[C@]1(O)OC(=O)O)n1c3ccccc3c3c4c(c5c6ccccc6n2c5c31)CNC4=O. The Kier molecular flexibility index (Phi) is 3.17. The number of ether oxygens (including phenoxy) is 2. The largest absolute Gasteiger partial charge is 0.508 e. The van der Waals surface area contributed by atoms with Gasteiger partial charge in [-0.05, 0) is 24.6 Å². The number of nitrogens with one attached hydrogen (secondary N) is 1. The highest BCUT2D eigenvalue weighted by Gasteiger charge is 2.64. The smallest absolute Gasteiger partial charge is 0.450 e. The van der Waals surface area contributed by atoms with Crippen LogP contribution in [0.25, 0.3) is 43.6 Å². The first-order chi connectivity index (χ1) is 16.8. The molecule has 1 saturated heterocycles. The molecule has 8 rings (SSSR count). The van der Waals surface area contributed by atoms with Crippen LogP contribution < -0.4 is 5.32 Å². The number of benzene rings is 3. The number of rotatable bonds is 1. The molecule has 1 fully saturated rings. The van der Waals surface area contributed by atoms with Crippen LogP contribution in [-0.2, 0) is 21.7 Å². The van der Waals surface area contributed by atoms with Gasteiger partial charge in [-0.3, -0.25) is 4.79 Å². The van der Waals surface area contributed by atoms with Gasteiger partial charge in [0, 0.05) is 28.1 Å². The lowest BCUT2D eigenvalue weighted by atomic mass is 9.96. The number of carbonyl (C=O) groups excluding carboxylic acids is 1. The molecule has 174 valence electrons. The molecule has 35 heavy (non-hydrogen) atoms. The topological polar surface area (TPSA) is 115 Å². The molecule has 5 aromatic rings. The Morgan fingerprint density at radius 2 is 1.77 bits per heavy atom. The number of nitrogens with zero attached hydrogens (tertiary/aromatic N) is 2. The summed E-state index contributed by atoms with van der Waals surface area (Å²) in [6.07, 6.45) is -2.42. The van der Waals surface area contributed by atoms with Crippen LogP contribution in [-0.4, -0.2) is 37.2 Å². The first kappa shape index (κ1) is 19.2. The summed E-state index contributed by atoms with van der Waals surface area (Å²) in [5.74, 6) is -2.27. The fourth-order valence-corrected chi connectivity index (χ4v) is 6.70. The van der Waals surface area contributed by atoms with Crippen LogP contribution in [0, 0.1) is 0 Å². The van der Waals surface area contributed by atoms with Gasteiger partial charge < -0.3 is 34.1 Å². The molecule has 1 unspecified atom stereocenters. The monoisotopic (exact) mass is 469 g/mol. The van der Waals surface area contributed by atoms with E-state index in [1.165, 1.54) is 0 Å². The first-order valence-corrected chi connectivity index (χ1v) is 11.5. The number of carbonyl (C=O) groups is 2. The summed E-state index contributed by atoms with van der Waals surface area (Å²) in [4.78, 5) is 24.9. The molecule has 9 heteroatoms. The quantitative estimate of drug-likeness (QED) is 0.251. The van der Waals surface area contributed by atoms with Crippen LogP contribution in [0.5, 0.6) is 0 Å². The maximum atomic E-state index is 13.2. The predicted octanol–water partition coefficient (Wildman–Crippen LogP) is 4.13. The number of hydrogen-bond acceptors (Lipinski definition) is 5. The zero-order valence-corrected chi connectivity index (χ0v) is 18.5. The van der Waals surface area contributed by atoms with Gasteiger partial charge in [-0.25, -0.2) is 4.79 Å². The molecule has 0 saturated carbocycles. The summed E-state index contributed by atoms with van der Waals surface area (Å²) < 4.78 is 15.6. The van der Waals surface area contributed by atoms with Crippen molar-refractivity contribution in [2.45, 2.75) is 37.6 Å².